The third-order valence-electron chi connectivity index (χ3n) is 11.5. The van der Waals surface area contributed by atoms with Crippen LogP contribution >= 0.6 is 0 Å². The predicted molar refractivity (Wildman–Crippen MR) is 247 cm³/mol. The van der Waals surface area contributed by atoms with Crippen LogP contribution in [0.1, 0.15) is 0 Å². The molecule has 0 radical (unpaired) electrons. The highest BCUT2D eigenvalue weighted by Gasteiger charge is 2.22. The highest BCUT2D eigenvalue weighted by Crippen LogP contribution is 2.46. The van der Waals surface area contributed by atoms with E-state index in [9.17, 15) is 0 Å². The number of rotatable bonds is 7. The van der Waals surface area contributed by atoms with Crippen molar-refractivity contribution in [2.24, 2.45) is 0 Å². The highest BCUT2D eigenvalue weighted by atomic mass is 15.1. The summed E-state index contributed by atoms with van der Waals surface area (Å²) in [6, 6.07) is 83.7. The summed E-state index contributed by atoms with van der Waals surface area (Å²) in [5.74, 6) is 0. The summed E-state index contributed by atoms with van der Waals surface area (Å²) in [4.78, 5) is 2.42. The highest BCUT2D eigenvalue weighted by molar-refractivity contribution is 6.23. The minimum Gasteiger partial charge on any atom is -0.310 e. The number of benzene rings is 10. The monoisotopic (exact) mass is 738 g/mol. The lowest BCUT2D eigenvalue weighted by Crippen LogP contribution is -2.11. The smallest absolute Gasteiger partial charge is 0.0553 e. The number of nitrogens with zero attached hydrogens (tertiary/aromatic N) is 2. The van der Waals surface area contributed by atoms with E-state index in [1.54, 1.807) is 0 Å². The topological polar surface area (TPSA) is 8.17 Å². The van der Waals surface area contributed by atoms with E-state index in [1.807, 2.05) is 0 Å². The van der Waals surface area contributed by atoms with E-state index in [4.69, 9.17) is 0 Å². The van der Waals surface area contributed by atoms with Gasteiger partial charge in [0.25, 0.3) is 0 Å². The lowest BCUT2D eigenvalue weighted by atomic mass is 9.92. The Kier molecular flexibility index (Phi) is 8.19. The fourth-order valence-corrected chi connectivity index (χ4v) is 8.97. The molecule has 11 aromatic rings. The van der Waals surface area contributed by atoms with E-state index in [0.29, 0.717) is 0 Å². The quantitative estimate of drug-likeness (QED) is 0.158. The Hall–Kier alpha value is -7.68. The van der Waals surface area contributed by atoms with Crippen LogP contribution in [0, 0.1) is 0 Å². The van der Waals surface area contributed by atoms with Crippen molar-refractivity contribution in [3.8, 4) is 39.1 Å². The normalized spacial score (nSPS) is 11.4. The molecule has 0 amide bonds. The summed E-state index contributed by atoms with van der Waals surface area (Å²) in [6.45, 7) is 0. The Morgan fingerprint density at radius 2 is 0.914 bits per heavy atom. The summed E-state index contributed by atoms with van der Waals surface area (Å²) in [7, 11) is 0. The Bertz CT molecular complexity index is 3260. The zero-order chi connectivity index (χ0) is 38.4. The van der Waals surface area contributed by atoms with Gasteiger partial charge in [0, 0.05) is 33.4 Å². The Labute approximate surface area is 338 Å². The molecule has 272 valence electrons. The van der Waals surface area contributed by atoms with Crippen LogP contribution in [-0.4, -0.2) is 4.57 Å². The molecule has 0 saturated carbocycles. The van der Waals surface area contributed by atoms with Crippen LogP contribution in [0.4, 0.5) is 17.1 Å². The average Bonchev–Trinajstić information content (AvgIpc) is 3.63. The first-order valence-electron chi connectivity index (χ1n) is 19.9. The molecule has 0 aliphatic heterocycles. The van der Waals surface area contributed by atoms with Crippen molar-refractivity contribution in [2.45, 2.75) is 0 Å². The van der Waals surface area contributed by atoms with Crippen molar-refractivity contribution in [3.63, 3.8) is 0 Å². The fraction of sp³-hybridized carbons (Fsp3) is 0. The predicted octanol–water partition coefficient (Wildman–Crippen LogP) is 15.6. The Morgan fingerprint density at radius 1 is 0.328 bits per heavy atom. The molecule has 0 fully saturated rings. The van der Waals surface area contributed by atoms with E-state index in [0.717, 1.165) is 22.7 Å². The van der Waals surface area contributed by atoms with Crippen molar-refractivity contribution < 1.29 is 0 Å². The summed E-state index contributed by atoms with van der Waals surface area (Å²) >= 11 is 0. The van der Waals surface area contributed by atoms with Crippen LogP contribution in [0.25, 0.3) is 82.4 Å². The standard InChI is InChI=1S/C56H38N2/c1-3-17-40(18-4-1)49-27-11-13-31-52(49)57(45-35-33-41(34-36-45)48-30-16-21-39-19-7-9-26-47(39)48)46-25-15-22-43(37-46)55-50-28-10-8-20-42(50)38-54-56(55)51-29-12-14-32-53(51)58(54)44-23-5-2-6-24-44/h1-38H. The molecule has 0 unspecified atom stereocenters. The first kappa shape index (κ1) is 33.6. The summed E-state index contributed by atoms with van der Waals surface area (Å²) < 4.78 is 2.42. The molecule has 1 heterocycles. The van der Waals surface area contributed by atoms with Crippen LogP contribution in [0.5, 0.6) is 0 Å². The van der Waals surface area contributed by atoms with Gasteiger partial charge in [-0.05, 0) is 104 Å². The van der Waals surface area contributed by atoms with Crippen LogP contribution in [0.2, 0.25) is 0 Å². The lowest BCUT2D eigenvalue weighted by molar-refractivity contribution is 1.18. The van der Waals surface area contributed by atoms with Gasteiger partial charge in [-0.1, -0.05) is 176 Å². The molecule has 0 atom stereocenters. The third kappa shape index (κ3) is 5.66. The van der Waals surface area contributed by atoms with Crippen molar-refractivity contribution in [2.75, 3.05) is 4.90 Å². The van der Waals surface area contributed by atoms with Crippen molar-refractivity contribution in [1.29, 1.82) is 0 Å². The van der Waals surface area contributed by atoms with E-state index < -0.39 is 0 Å². The van der Waals surface area contributed by atoms with Crippen molar-refractivity contribution >= 4 is 60.4 Å². The molecule has 11 rings (SSSR count). The SMILES string of the molecule is c1ccc(-c2ccccc2N(c2ccc(-c3cccc4ccccc34)cc2)c2cccc(-c3c4ccccc4cc4c3c3ccccc3n4-c3ccccc3)c2)cc1. The third-order valence-corrected chi connectivity index (χ3v) is 11.5. The molecule has 0 aliphatic carbocycles. The molecular formula is C56H38N2. The second kappa shape index (κ2) is 14.1. The largest absolute Gasteiger partial charge is 0.310 e. The minimum absolute atomic E-state index is 1.09. The van der Waals surface area contributed by atoms with Gasteiger partial charge in [0.05, 0.1) is 16.7 Å². The van der Waals surface area contributed by atoms with Gasteiger partial charge in [0.2, 0.25) is 0 Å². The second-order valence-electron chi connectivity index (χ2n) is 14.9. The zero-order valence-electron chi connectivity index (χ0n) is 31.8. The zero-order valence-corrected chi connectivity index (χ0v) is 31.8. The molecule has 0 spiro atoms. The maximum absolute atomic E-state index is 2.42. The van der Waals surface area contributed by atoms with Crippen LogP contribution in [0.15, 0.2) is 231 Å². The van der Waals surface area contributed by atoms with Gasteiger partial charge in [-0.25, -0.2) is 0 Å². The summed E-state index contributed by atoms with van der Waals surface area (Å²) in [6.07, 6.45) is 0. The average molecular weight is 739 g/mol. The molecule has 10 aromatic carbocycles. The Balaban J connectivity index is 1.15. The van der Waals surface area contributed by atoms with E-state index >= 15 is 0 Å². The number of hydrogen-bond donors (Lipinski definition) is 0. The van der Waals surface area contributed by atoms with Gasteiger partial charge < -0.3 is 9.47 Å². The first-order chi connectivity index (χ1) is 28.8. The molecule has 0 saturated heterocycles. The summed E-state index contributed by atoms with van der Waals surface area (Å²) in [5, 5.41) is 7.44. The maximum Gasteiger partial charge on any atom is 0.0553 e. The minimum atomic E-state index is 1.09. The van der Waals surface area contributed by atoms with Crippen molar-refractivity contribution in [1.82, 2.24) is 4.57 Å². The van der Waals surface area contributed by atoms with Crippen LogP contribution < -0.4 is 4.90 Å². The molecule has 1 aromatic heterocycles. The van der Waals surface area contributed by atoms with Gasteiger partial charge in [0.15, 0.2) is 0 Å². The van der Waals surface area contributed by atoms with Crippen LogP contribution in [-0.2, 0) is 0 Å². The van der Waals surface area contributed by atoms with E-state index in [1.165, 1.54) is 76.7 Å². The molecule has 0 N–H and O–H groups in total. The van der Waals surface area contributed by atoms with Gasteiger partial charge in [-0.3, -0.25) is 0 Å². The molecule has 58 heavy (non-hydrogen) atoms. The first-order valence-corrected chi connectivity index (χ1v) is 19.9. The molecule has 2 heteroatoms. The summed E-state index contributed by atoms with van der Waals surface area (Å²) in [5.41, 5.74) is 14.0. The van der Waals surface area contributed by atoms with Gasteiger partial charge >= 0.3 is 0 Å². The molecule has 0 aliphatic rings. The Morgan fingerprint density at radius 3 is 1.74 bits per heavy atom. The van der Waals surface area contributed by atoms with Crippen LogP contribution in [0.3, 0.4) is 0 Å². The second-order valence-corrected chi connectivity index (χ2v) is 14.9. The lowest BCUT2D eigenvalue weighted by Gasteiger charge is -2.28. The van der Waals surface area contributed by atoms with E-state index in [-0.39, 0.29) is 0 Å². The number of para-hydroxylation sites is 3. The molecular weight excluding hydrogens is 701 g/mol. The molecule has 2 nitrogen and oxygen atoms in total. The van der Waals surface area contributed by atoms with Gasteiger partial charge in [0.1, 0.15) is 0 Å². The maximum atomic E-state index is 2.42. The fourth-order valence-electron chi connectivity index (χ4n) is 8.97. The number of hydrogen-bond acceptors (Lipinski definition) is 1. The number of fused-ring (bicyclic) bond motifs is 5. The van der Waals surface area contributed by atoms with E-state index in [2.05, 4.69) is 240 Å². The number of anilines is 3. The molecule has 0 bridgehead atoms. The van der Waals surface area contributed by atoms with Crippen molar-refractivity contribution in [3.05, 3.63) is 231 Å². The van der Waals surface area contributed by atoms with Gasteiger partial charge in [-0.2, -0.15) is 0 Å². The van der Waals surface area contributed by atoms with Gasteiger partial charge in [-0.15, -0.1) is 0 Å². The number of aromatic nitrogens is 1.